The maximum atomic E-state index is 11.6. The molecule has 0 saturated carbocycles. The van der Waals surface area contributed by atoms with Crippen LogP contribution in [0, 0.1) is 20.8 Å². The number of aryl methyl sites for hydroxylation is 3. The van der Waals surface area contributed by atoms with Crippen LogP contribution in [0.15, 0.2) is 431 Å². The summed E-state index contributed by atoms with van der Waals surface area (Å²) in [4.78, 5) is 0.192. The number of phenols is 5. The maximum absolute atomic E-state index is 11.6. The van der Waals surface area contributed by atoms with Gasteiger partial charge in [0.25, 0.3) is 0 Å². The molecule has 0 amide bonds. The van der Waals surface area contributed by atoms with Crippen molar-refractivity contribution in [3.63, 3.8) is 0 Å². The molecule has 0 unspecified atom stereocenters. The maximum Gasteiger partial charge on any atom is 0.238 e. The highest BCUT2D eigenvalue weighted by atomic mass is 32.2. The van der Waals surface area contributed by atoms with Crippen LogP contribution in [0.1, 0.15) is 16.7 Å². The minimum atomic E-state index is -3.77. The number of nitrogens with two attached hydrogens (primary N) is 5. The highest BCUT2D eigenvalue weighted by Crippen LogP contribution is 2.40. The van der Waals surface area contributed by atoms with Gasteiger partial charge in [-0.05, 0) is 245 Å². The predicted molar refractivity (Wildman–Crippen MR) is 552 cm³/mol. The zero-order valence-electron chi connectivity index (χ0n) is 76.4. The first kappa shape index (κ1) is 98.9. The van der Waals surface area contributed by atoms with Crippen molar-refractivity contribution in [2.24, 2.45) is 25.7 Å². The van der Waals surface area contributed by atoms with Gasteiger partial charge in [-0.25, -0.2) is 91.2 Å². The van der Waals surface area contributed by atoms with Gasteiger partial charge in [0.05, 0.1) is 110 Å². The molecule has 0 aliphatic carbocycles. The van der Waals surface area contributed by atoms with Crippen molar-refractivity contribution in [3.8, 4) is 170 Å². The van der Waals surface area contributed by atoms with Crippen molar-refractivity contribution in [1.29, 1.82) is 0 Å². The summed E-state index contributed by atoms with van der Waals surface area (Å²) in [5.41, 5.74) is 22.7. The van der Waals surface area contributed by atoms with Crippen LogP contribution in [0.5, 0.6) is 28.7 Å². The van der Waals surface area contributed by atoms with Gasteiger partial charge in [0.2, 0.25) is 50.1 Å². The van der Waals surface area contributed by atoms with E-state index in [1.54, 1.807) is 181 Å². The molecule has 20 rings (SSSR count). The number of para-hydroxylation sites is 2. The lowest BCUT2D eigenvalue weighted by atomic mass is 10.1. The van der Waals surface area contributed by atoms with E-state index in [0.29, 0.717) is 62.3 Å². The Balaban J connectivity index is 0.000000128. The summed E-state index contributed by atoms with van der Waals surface area (Å²) in [6.45, 7) is 6.06. The lowest BCUT2D eigenvalue weighted by Gasteiger charge is -2.09. The molecule has 0 saturated heterocycles. The molecule has 30 nitrogen and oxygen atoms in total. The van der Waals surface area contributed by atoms with Gasteiger partial charge in [-0.15, -0.1) is 0 Å². The van der Waals surface area contributed by atoms with E-state index in [-0.39, 0.29) is 53.2 Å². The van der Waals surface area contributed by atoms with Crippen molar-refractivity contribution >= 4 is 50.1 Å². The summed E-state index contributed by atoms with van der Waals surface area (Å²) in [7, 11) is -18.8. The molecule has 5 aromatic heterocycles. The summed E-state index contributed by atoms with van der Waals surface area (Å²) in [6.07, 6.45) is 0. The number of primary sulfonamides is 5. The third-order valence-electron chi connectivity index (χ3n) is 22.6. The molecule has 718 valence electrons. The molecule has 15 N–H and O–H groups in total. The molecule has 0 bridgehead atoms. The van der Waals surface area contributed by atoms with Gasteiger partial charge in [-0.3, -0.25) is 0 Å². The third kappa shape index (κ3) is 23.9. The minimum Gasteiger partial charge on any atom is -0.508 e. The molecule has 0 aliphatic heterocycles. The first-order valence-corrected chi connectivity index (χ1v) is 51.5. The molecule has 0 atom stereocenters. The van der Waals surface area contributed by atoms with Crippen LogP contribution in [0.4, 0.5) is 0 Å². The number of hydrogen-bond donors (Lipinski definition) is 10. The monoisotopic (exact) mass is 2000 g/mol. The number of sulfonamides is 5. The Morgan fingerprint density at radius 2 is 0.406 bits per heavy atom. The van der Waals surface area contributed by atoms with Gasteiger partial charge < -0.3 is 25.5 Å². The van der Waals surface area contributed by atoms with Crippen molar-refractivity contribution < 1.29 is 67.6 Å². The highest BCUT2D eigenvalue weighted by molar-refractivity contribution is 7.90. The smallest absolute Gasteiger partial charge is 0.238 e. The topological polar surface area (TPSA) is 491 Å². The molecule has 5 heterocycles. The second-order valence-electron chi connectivity index (χ2n) is 32.8. The Kier molecular flexibility index (Phi) is 29.0. The van der Waals surface area contributed by atoms with Crippen molar-refractivity contribution in [2.45, 2.75) is 45.2 Å². The summed E-state index contributed by atoms with van der Waals surface area (Å²) in [5, 5.41) is 99.0. The number of benzene rings is 15. The molecule has 15 aromatic carbocycles. The number of aromatic nitrogens is 10. The van der Waals surface area contributed by atoms with Crippen LogP contribution in [0.3, 0.4) is 0 Å². The molecule has 0 fully saturated rings. The predicted octanol–water partition coefficient (Wildman–Crippen LogP) is 18.7. The molecule has 0 spiro atoms. The number of aromatic hydroxyl groups is 5. The lowest BCUT2D eigenvalue weighted by molar-refractivity contribution is 0.475. The average molecular weight is 2000 g/mol. The Morgan fingerprint density at radius 1 is 0.196 bits per heavy atom. The van der Waals surface area contributed by atoms with E-state index in [1.807, 2.05) is 209 Å². The number of phenolic OH excluding ortho intramolecular Hbond substituents is 5. The molecule has 20 aromatic rings. The van der Waals surface area contributed by atoms with Crippen molar-refractivity contribution in [3.05, 3.63) is 423 Å². The minimum absolute atomic E-state index is 0.0330. The molecule has 0 aliphatic rings. The van der Waals surface area contributed by atoms with Crippen LogP contribution >= 0.6 is 0 Å². The summed E-state index contributed by atoms with van der Waals surface area (Å²) >= 11 is 0. The summed E-state index contributed by atoms with van der Waals surface area (Å²) in [6, 6.07) is 119. The van der Waals surface area contributed by atoms with E-state index in [9.17, 15) is 67.6 Å². The van der Waals surface area contributed by atoms with Gasteiger partial charge in [0.1, 0.15) is 28.7 Å². The number of hydrogen-bond acceptors (Lipinski definition) is 20. The number of nitrogens with zero attached hydrogens (tertiary/aromatic N) is 10. The van der Waals surface area contributed by atoms with Crippen LogP contribution in [0.25, 0.3) is 141 Å². The van der Waals surface area contributed by atoms with Crippen LogP contribution in [-0.2, 0) is 50.1 Å². The van der Waals surface area contributed by atoms with Crippen LogP contribution in [-0.4, -0.2) is 117 Å². The largest absolute Gasteiger partial charge is 0.508 e. The highest BCUT2D eigenvalue weighted by Gasteiger charge is 2.24. The van der Waals surface area contributed by atoms with Gasteiger partial charge in [-0.2, -0.15) is 25.5 Å². The van der Waals surface area contributed by atoms with Gasteiger partial charge >= 0.3 is 0 Å². The first-order valence-electron chi connectivity index (χ1n) is 43.7. The Hall–Kier alpha value is -17.1. The normalized spacial score (nSPS) is 11.5. The van der Waals surface area contributed by atoms with E-state index in [1.165, 1.54) is 60.7 Å². The summed E-state index contributed by atoms with van der Waals surface area (Å²) < 4.78 is 124. The quantitative estimate of drug-likeness (QED) is 0.0339. The van der Waals surface area contributed by atoms with E-state index >= 15 is 0 Å². The van der Waals surface area contributed by atoms with E-state index < -0.39 is 50.1 Å². The number of rotatable bonds is 20. The lowest BCUT2D eigenvalue weighted by Crippen LogP contribution is -2.12. The molecule has 143 heavy (non-hydrogen) atoms. The standard InChI is InChI=1S/3C22H19N3O3S.2C21H17N3O3S/c1-15-2-4-17(5-3-15)22-14-21(16-6-10-19(26)11-7-16)24-25(22)18-8-12-20(13-9-18)29(23,27)28;1-15-5-7-16(8-6-15)22-14-21(17-3-2-4-19(26)13-17)24-25(22)18-9-11-20(12-10-18)29(23,27)28;1-15-6-8-16(9-7-15)21-14-20(19-4-2-3-5-22(19)26)24-25(21)17-10-12-18(13-11-17)29(23,27)28;22-28(26,27)17-12-10-16(11-13-17)24-20(15-6-2-1-3-7-15)14-19(23-24)18-8-4-5-9-21(18)25;22-28(26,27)19-11-9-17(10-12-19)24-21(15-5-2-1-3-6-15)14-20(23-24)16-7-4-8-18(25)13-16/h3*2-14,26H,1H3,(H2,23,27,28);2*1-14,25H,(H2,22,26,27). The Morgan fingerprint density at radius 3 is 0.650 bits per heavy atom. The van der Waals surface area contributed by atoms with Crippen LogP contribution < -0.4 is 25.7 Å². The molecule has 0 radical (unpaired) electrons. The van der Waals surface area contributed by atoms with Gasteiger partial charge in [0, 0.05) is 55.6 Å². The van der Waals surface area contributed by atoms with Gasteiger partial charge in [-0.1, -0.05) is 199 Å². The second-order valence-corrected chi connectivity index (χ2v) is 40.6. The molecule has 35 heteroatoms. The fourth-order valence-corrected chi connectivity index (χ4v) is 17.8. The van der Waals surface area contributed by atoms with Crippen molar-refractivity contribution in [1.82, 2.24) is 48.9 Å². The van der Waals surface area contributed by atoms with E-state index in [2.05, 4.69) is 15.3 Å². The molecular weight excluding hydrogens is 1910 g/mol. The zero-order valence-corrected chi connectivity index (χ0v) is 80.5. The molecular formula is C108H91N15O15S5. The Labute approximate surface area is 824 Å². The Bertz CT molecular complexity index is 8620. The SMILES string of the molecule is Cc1ccc(-c2cc(-c3ccc(O)cc3)nn2-c2ccc(S(N)(=O)=O)cc2)cc1.Cc1ccc(-c2cc(-c3cccc(O)c3)nn2-c2ccc(S(N)(=O)=O)cc2)cc1.Cc1ccc(-c2cc(-c3ccccc3O)nn2-c2ccc(S(N)(=O)=O)cc2)cc1.NS(=O)(=O)c1ccc(-n2nc(-c3cccc(O)c3)cc2-c2ccccc2)cc1.NS(=O)(=O)c1ccc(-n2nc(-c3ccccc3O)cc2-c2ccccc2)cc1. The van der Waals surface area contributed by atoms with E-state index in [0.717, 1.165) is 95.4 Å². The van der Waals surface area contributed by atoms with Gasteiger partial charge in [0.15, 0.2) is 0 Å². The fourth-order valence-electron chi connectivity index (χ4n) is 15.2. The zero-order chi connectivity index (χ0) is 101. The fraction of sp³-hybridized carbons (Fsp3) is 0.0278. The first-order chi connectivity index (χ1) is 68.3. The second kappa shape index (κ2) is 41.9. The van der Waals surface area contributed by atoms with Crippen LogP contribution in [0.2, 0.25) is 0 Å². The average Bonchev–Trinajstić information content (AvgIpc) is 1.66. The third-order valence-corrected chi connectivity index (χ3v) is 27.2. The van der Waals surface area contributed by atoms with Crippen molar-refractivity contribution in [2.75, 3.05) is 0 Å². The van der Waals surface area contributed by atoms with E-state index in [4.69, 9.17) is 35.9 Å². The summed E-state index contributed by atoms with van der Waals surface area (Å²) in [5.74, 6) is 0.774.